The second-order valence-electron chi connectivity index (χ2n) is 7.63. The third kappa shape index (κ3) is 3.61. The number of nitrogens with zero attached hydrogens (tertiary/aromatic N) is 1. The summed E-state index contributed by atoms with van der Waals surface area (Å²) in [6.07, 6.45) is 5.10. The summed E-state index contributed by atoms with van der Waals surface area (Å²) in [5.41, 5.74) is 0.500. The highest BCUT2D eigenvalue weighted by Gasteiger charge is 2.45. The first-order chi connectivity index (χ1) is 11.8. The number of carbonyl (C=O) groups is 3. The van der Waals surface area contributed by atoms with E-state index in [-0.39, 0.29) is 23.9 Å². The Morgan fingerprint density at radius 3 is 2.76 bits per heavy atom. The lowest BCUT2D eigenvalue weighted by Crippen LogP contribution is -2.61. The highest BCUT2D eigenvalue weighted by molar-refractivity contribution is 6.21. The Morgan fingerprint density at radius 2 is 2.08 bits per heavy atom. The first-order valence-electron chi connectivity index (χ1n) is 8.76. The maximum Gasteiger partial charge on any atom is 0.407 e. The normalized spacial score (nSPS) is 26.8. The number of carbonyl (C=O) groups excluding carboxylic acids is 3. The van der Waals surface area contributed by atoms with Gasteiger partial charge in [0.25, 0.3) is 11.8 Å². The van der Waals surface area contributed by atoms with Crippen LogP contribution in [0.15, 0.2) is 23.3 Å². The molecule has 0 spiro atoms. The van der Waals surface area contributed by atoms with Crippen LogP contribution in [0.5, 0.6) is 0 Å². The fraction of sp³-hybridized carbons (Fsp3) is 0.611. The van der Waals surface area contributed by atoms with Gasteiger partial charge in [-0.3, -0.25) is 14.5 Å². The Balaban J connectivity index is 1.76. The van der Waals surface area contributed by atoms with Gasteiger partial charge in [-0.25, -0.2) is 4.79 Å². The fourth-order valence-electron chi connectivity index (χ4n) is 3.52. The summed E-state index contributed by atoms with van der Waals surface area (Å²) in [6, 6.07) is -0.741. The first kappa shape index (κ1) is 17.7. The number of hydrogen-bond donors (Lipinski definition) is 2. The van der Waals surface area contributed by atoms with Gasteiger partial charge in [0.1, 0.15) is 5.60 Å². The van der Waals surface area contributed by atoms with Gasteiger partial charge in [-0.15, -0.1) is 0 Å². The highest BCUT2D eigenvalue weighted by Crippen LogP contribution is 2.32. The molecule has 1 fully saturated rings. The van der Waals surface area contributed by atoms with Gasteiger partial charge in [-0.2, -0.15) is 0 Å². The van der Waals surface area contributed by atoms with Crippen molar-refractivity contribution in [2.45, 2.75) is 57.7 Å². The van der Waals surface area contributed by atoms with Crippen molar-refractivity contribution >= 4 is 17.9 Å². The van der Waals surface area contributed by atoms with Crippen molar-refractivity contribution in [1.82, 2.24) is 15.5 Å². The predicted octanol–water partition coefficient (Wildman–Crippen LogP) is 1.26. The van der Waals surface area contributed by atoms with Gasteiger partial charge in [0.15, 0.2) is 0 Å². The van der Waals surface area contributed by atoms with Gasteiger partial charge in [0, 0.05) is 17.7 Å². The Bertz CT molecular complexity index is 660. The molecule has 0 aromatic heterocycles. The second-order valence-corrected chi connectivity index (χ2v) is 7.63. The van der Waals surface area contributed by atoms with Crippen molar-refractivity contribution in [3.05, 3.63) is 23.3 Å². The van der Waals surface area contributed by atoms with Crippen LogP contribution in [0, 0.1) is 0 Å². The predicted molar refractivity (Wildman–Crippen MR) is 91.7 cm³/mol. The number of ether oxygens (including phenoxy) is 1. The molecule has 1 aliphatic carbocycles. The van der Waals surface area contributed by atoms with Crippen molar-refractivity contribution in [2.75, 3.05) is 13.1 Å². The van der Waals surface area contributed by atoms with E-state index in [4.69, 9.17) is 4.74 Å². The van der Waals surface area contributed by atoms with E-state index in [1.54, 1.807) is 26.8 Å². The Morgan fingerprint density at radius 1 is 1.32 bits per heavy atom. The molecule has 2 N–H and O–H groups in total. The minimum absolute atomic E-state index is 0.216. The average molecular weight is 347 g/mol. The monoisotopic (exact) mass is 347 g/mol. The van der Waals surface area contributed by atoms with Crippen molar-refractivity contribution in [3.63, 3.8) is 0 Å². The van der Waals surface area contributed by atoms with E-state index in [1.807, 2.05) is 6.08 Å². The lowest BCUT2D eigenvalue weighted by atomic mass is 9.98. The van der Waals surface area contributed by atoms with Crippen molar-refractivity contribution in [2.24, 2.45) is 0 Å². The quantitative estimate of drug-likeness (QED) is 0.734. The molecule has 3 aliphatic rings. The molecule has 3 rings (SSSR count). The first-order valence-corrected chi connectivity index (χ1v) is 8.76. The number of imide groups is 1. The number of amides is 3. The third-order valence-electron chi connectivity index (χ3n) is 4.58. The maximum absolute atomic E-state index is 12.8. The van der Waals surface area contributed by atoms with E-state index in [9.17, 15) is 14.4 Å². The van der Waals surface area contributed by atoms with Gasteiger partial charge in [0.05, 0.1) is 12.1 Å². The van der Waals surface area contributed by atoms with Crippen LogP contribution in [0.4, 0.5) is 4.79 Å². The SMILES string of the molecule is CC(C)(C)OC(=O)N[C@H]1CNCC[C@H]1N1C(=O)C2=C(CCC=C2)C1=O. The zero-order valence-corrected chi connectivity index (χ0v) is 14.9. The zero-order valence-electron chi connectivity index (χ0n) is 14.9. The minimum atomic E-state index is -0.605. The van der Waals surface area contributed by atoms with E-state index in [1.165, 1.54) is 4.90 Å². The van der Waals surface area contributed by atoms with Gasteiger partial charge in [-0.05, 0) is 46.6 Å². The minimum Gasteiger partial charge on any atom is -0.444 e. The van der Waals surface area contributed by atoms with E-state index >= 15 is 0 Å². The summed E-state index contributed by atoms with van der Waals surface area (Å²) < 4.78 is 5.31. The smallest absolute Gasteiger partial charge is 0.407 e. The number of allylic oxidation sites excluding steroid dienone is 1. The molecular formula is C18H25N3O4. The number of nitrogens with one attached hydrogen (secondary N) is 2. The summed E-state index contributed by atoms with van der Waals surface area (Å²) in [4.78, 5) is 39.0. The van der Waals surface area contributed by atoms with Crippen LogP contribution in [-0.4, -0.2) is 53.6 Å². The van der Waals surface area contributed by atoms with Crippen LogP contribution in [0.3, 0.4) is 0 Å². The molecule has 7 heteroatoms. The van der Waals surface area contributed by atoms with Gasteiger partial charge in [-0.1, -0.05) is 12.2 Å². The fourth-order valence-corrected chi connectivity index (χ4v) is 3.52. The topological polar surface area (TPSA) is 87.7 Å². The molecule has 0 bridgehead atoms. The largest absolute Gasteiger partial charge is 0.444 e. The van der Waals surface area contributed by atoms with Gasteiger partial charge < -0.3 is 15.4 Å². The van der Waals surface area contributed by atoms with E-state index < -0.39 is 11.7 Å². The Hall–Kier alpha value is -2.15. The van der Waals surface area contributed by atoms with Gasteiger partial charge in [0.2, 0.25) is 0 Å². The van der Waals surface area contributed by atoms with Gasteiger partial charge >= 0.3 is 6.09 Å². The molecule has 2 aliphatic heterocycles. The van der Waals surface area contributed by atoms with Crippen LogP contribution in [0.25, 0.3) is 0 Å². The molecule has 2 atom stereocenters. The third-order valence-corrected chi connectivity index (χ3v) is 4.58. The standard InChI is InChI=1S/C18H25N3O4/c1-18(2,3)25-17(24)20-13-10-19-9-8-14(13)21-15(22)11-6-4-5-7-12(11)16(21)23/h4,6,13-14,19H,5,7-10H2,1-3H3,(H,20,24)/t13-,14+/m0/s1. The van der Waals surface area contributed by atoms with E-state index in [2.05, 4.69) is 10.6 Å². The molecule has 25 heavy (non-hydrogen) atoms. The molecule has 7 nitrogen and oxygen atoms in total. The van der Waals surface area contributed by atoms with Crippen LogP contribution >= 0.6 is 0 Å². The Kier molecular flexibility index (Phi) is 4.69. The molecule has 136 valence electrons. The van der Waals surface area contributed by atoms with Crippen molar-refractivity contribution in [1.29, 1.82) is 0 Å². The molecule has 0 aromatic rings. The molecular weight excluding hydrogens is 322 g/mol. The molecule has 0 unspecified atom stereocenters. The van der Waals surface area contributed by atoms with E-state index in [0.29, 0.717) is 37.1 Å². The molecule has 3 amide bonds. The Labute approximate surface area is 147 Å². The summed E-state index contributed by atoms with van der Waals surface area (Å²) in [7, 11) is 0. The number of piperidine rings is 1. The van der Waals surface area contributed by atoms with E-state index in [0.717, 1.165) is 6.42 Å². The van der Waals surface area contributed by atoms with Crippen LogP contribution < -0.4 is 10.6 Å². The second kappa shape index (κ2) is 6.63. The molecule has 1 saturated heterocycles. The van der Waals surface area contributed by atoms with Crippen molar-refractivity contribution < 1.29 is 19.1 Å². The van der Waals surface area contributed by atoms with Crippen LogP contribution in [0.1, 0.15) is 40.0 Å². The maximum atomic E-state index is 12.8. The number of alkyl carbamates (subject to hydrolysis) is 1. The van der Waals surface area contributed by atoms with Crippen molar-refractivity contribution in [3.8, 4) is 0 Å². The summed E-state index contributed by atoms with van der Waals surface area (Å²) in [5, 5.41) is 6.02. The summed E-state index contributed by atoms with van der Waals surface area (Å²) in [5.74, 6) is -0.467. The zero-order chi connectivity index (χ0) is 18.2. The molecule has 2 heterocycles. The molecule has 0 radical (unpaired) electrons. The molecule has 0 saturated carbocycles. The van der Waals surface area contributed by atoms with Crippen LogP contribution in [0.2, 0.25) is 0 Å². The summed E-state index contributed by atoms with van der Waals surface area (Å²) >= 11 is 0. The number of hydrogen-bond acceptors (Lipinski definition) is 5. The number of rotatable bonds is 2. The molecule has 0 aromatic carbocycles. The lowest BCUT2D eigenvalue weighted by Gasteiger charge is -2.38. The average Bonchev–Trinajstić information content (AvgIpc) is 2.78. The highest BCUT2D eigenvalue weighted by atomic mass is 16.6. The van der Waals surface area contributed by atoms with Crippen LogP contribution in [-0.2, 0) is 14.3 Å². The summed E-state index contributed by atoms with van der Waals surface area (Å²) in [6.45, 7) is 6.55. The lowest BCUT2D eigenvalue weighted by molar-refractivity contribution is -0.141.